The number of benzene rings is 7. The van der Waals surface area contributed by atoms with E-state index in [9.17, 15) is 0 Å². The minimum absolute atomic E-state index is 0.801. The normalized spacial score (nSPS) is 11.4. The van der Waals surface area contributed by atoms with Crippen LogP contribution in [0.1, 0.15) is 0 Å². The van der Waals surface area contributed by atoms with Gasteiger partial charge in [0.1, 0.15) is 0 Å². The molecule has 15 aromatic rings. The van der Waals surface area contributed by atoms with E-state index in [-0.39, 0.29) is 0 Å². The van der Waals surface area contributed by atoms with Crippen molar-refractivity contribution in [2.75, 3.05) is 4.90 Å². The summed E-state index contributed by atoms with van der Waals surface area (Å²) in [5.41, 5.74) is 22.8. The standard InChI is InChI=1S/C70H43N13/c1-2-4-64(5-3-1)83(65-28-52(44-6-14-48(15-7-44)56-24-60-36-75-79-40-67(60)71-32-56)22-53(29-65)45-8-16-49(17-9-45)57-25-61-37-76-80-41-68(61)72-33-57)66-30-54(46-10-18-50(19-11-46)58-26-62-38-77-81-42-69(62)73-34-58)23-55(31-66)47-12-20-51(21-13-47)59-27-63-39-78-82-43-70(63)74-35-59/h1-43H. The highest BCUT2D eigenvalue weighted by Gasteiger charge is 2.19. The number of pyridine rings is 4. The smallest absolute Gasteiger partial charge is 0.0919 e. The van der Waals surface area contributed by atoms with Crippen molar-refractivity contribution in [3.8, 4) is 89.0 Å². The molecule has 13 heteroatoms. The van der Waals surface area contributed by atoms with Gasteiger partial charge >= 0.3 is 0 Å². The molecule has 0 spiro atoms. The molecule has 0 amide bonds. The van der Waals surface area contributed by atoms with Gasteiger partial charge in [-0.15, -0.1) is 0 Å². The van der Waals surface area contributed by atoms with Crippen LogP contribution in [0.25, 0.3) is 133 Å². The summed E-state index contributed by atoms with van der Waals surface area (Å²) in [6.07, 6.45) is 21.3. The van der Waals surface area contributed by atoms with Gasteiger partial charge in [-0.05, 0) is 140 Å². The van der Waals surface area contributed by atoms with Gasteiger partial charge in [-0.2, -0.15) is 40.8 Å². The quantitative estimate of drug-likeness (QED) is 0.121. The Morgan fingerprint density at radius 1 is 0.181 bits per heavy atom. The Labute approximate surface area is 475 Å². The summed E-state index contributed by atoms with van der Waals surface area (Å²) in [5.74, 6) is 0. The van der Waals surface area contributed by atoms with Crippen LogP contribution in [0.4, 0.5) is 17.1 Å². The van der Waals surface area contributed by atoms with E-state index in [1.54, 1.807) is 49.6 Å². The zero-order valence-electron chi connectivity index (χ0n) is 44.1. The molecule has 8 aromatic heterocycles. The number of nitrogens with zero attached hydrogens (tertiary/aromatic N) is 13. The SMILES string of the molecule is c1ccc(N(c2cc(-c3ccc(-c4cnc5cnncc5c4)cc3)cc(-c3ccc(-c4cnc5cnncc5c4)cc3)c2)c2cc(-c3ccc(-c4cnc5cnncc5c4)cc3)cc(-c3ccc(-c4cnc5cnncc5c4)cc3)c2)cc1. The monoisotopic (exact) mass is 1070 g/mol. The largest absolute Gasteiger partial charge is 0.310 e. The molecule has 15 rings (SSSR count). The fourth-order valence-corrected chi connectivity index (χ4v) is 10.8. The van der Waals surface area contributed by atoms with Crippen LogP contribution in [0.15, 0.2) is 262 Å². The molecule has 0 aliphatic carbocycles. The molecule has 0 aliphatic heterocycles. The Hall–Kier alpha value is -11.7. The molecule has 0 atom stereocenters. The lowest BCUT2D eigenvalue weighted by Crippen LogP contribution is -2.10. The molecule has 7 aromatic carbocycles. The van der Waals surface area contributed by atoms with Gasteiger partial charge in [0.05, 0.1) is 71.6 Å². The second-order valence-electron chi connectivity index (χ2n) is 20.3. The average molecular weight is 1070 g/mol. The Balaban J connectivity index is 0.877. The van der Waals surface area contributed by atoms with E-state index in [1.165, 1.54) is 0 Å². The van der Waals surface area contributed by atoms with Gasteiger partial charge < -0.3 is 4.90 Å². The molecule has 0 saturated heterocycles. The summed E-state index contributed by atoms with van der Waals surface area (Å²) < 4.78 is 0. The van der Waals surface area contributed by atoms with Crippen molar-refractivity contribution in [2.24, 2.45) is 0 Å². The van der Waals surface area contributed by atoms with E-state index >= 15 is 0 Å². The fourth-order valence-electron chi connectivity index (χ4n) is 10.8. The molecule has 0 radical (unpaired) electrons. The van der Waals surface area contributed by atoms with Crippen molar-refractivity contribution in [3.63, 3.8) is 0 Å². The minimum atomic E-state index is 0.801. The molecule has 8 heterocycles. The van der Waals surface area contributed by atoms with E-state index in [4.69, 9.17) is 0 Å². The van der Waals surface area contributed by atoms with Crippen molar-refractivity contribution in [2.45, 2.75) is 0 Å². The zero-order chi connectivity index (χ0) is 55.1. The highest BCUT2D eigenvalue weighted by Crippen LogP contribution is 2.44. The van der Waals surface area contributed by atoms with Crippen LogP contribution >= 0.6 is 0 Å². The first kappa shape index (κ1) is 48.4. The maximum atomic E-state index is 4.68. The third-order valence-corrected chi connectivity index (χ3v) is 15.1. The maximum absolute atomic E-state index is 4.68. The van der Waals surface area contributed by atoms with Crippen molar-refractivity contribution >= 4 is 60.7 Å². The minimum Gasteiger partial charge on any atom is -0.310 e. The molecule has 0 aliphatic rings. The molecule has 0 bridgehead atoms. The molecular weight excluding hydrogens is 1020 g/mol. The third kappa shape index (κ3) is 9.65. The highest BCUT2D eigenvalue weighted by molar-refractivity contribution is 5.92. The van der Waals surface area contributed by atoms with Crippen LogP contribution in [-0.4, -0.2) is 60.7 Å². The summed E-state index contributed by atoms with van der Waals surface area (Å²) in [7, 11) is 0. The van der Waals surface area contributed by atoms with E-state index in [1.807, 2.05) is 24.8 Å². The Kier molecular flexibility index (Phi) is 12.2. The van der Waals surface area contributed by atoms with Gasteiger partial charge in [0.25, 0.3) is 0 Å². The van der Waals surface area contributed by atoms with Gasteiger partial charge in [-0.25, -0.2) is 0 Å². The van der Waals surface area contributed by atoms with Crippen LogP contribution in [-0.2, 0) is 0 Å². The highest BCUT2D eigenvalue weighted by atomic mass is 15.1. The van der Waals surface area contributed by atoms with Crippen molar-refractivity contribution in [1.29, 1.82) is 0 Å². The van der Waals surface area contributed by atoms with Gasteiger partial charge in [-0.3, -0.25) is 19.9 Å². The molecule has 13 nitrogen and oxygen atoms in total. The summed E-state index contributed by atoms with van der Waals surface area (Å²) in [6.45, 7) is 0. The molecule has 0 unspecified atom stereocenters. The van der Waals surface area contributed by atoms with Crippen molar-refractivity contribution < 1.29 is 0 Å². The molecule has 0 N–H and O–H groups in total. The number of rotatable bonds is 11. The number of hydrogen-bond donors (Lipinski definition) is 0. The van der Waals surface area contributed by atoms with E-state index in [0.29, 0.717) is 0 Å². The van der Waals surface area contributed by atoms with Gasteiger partial charge in [0.2, 0.25) is 0 Å². The number of para-hydroxylation sites is 1. The summed E-state index contributed by atoms with van der Waals surface area (Å²) in [5, 5.41) is 36.2. The van der Waals surface area contributed by atoms with Crippen molar-refractivity contribution in [3.05, 3.63) is 262 Å². The molecular formula is C70H43N13. The zero-order valence-corrected chi connectivity index (χ0v) is 44.1. The topological polar surface area (TPSA) is 158 Å². The summed E-state index contributed by atoms with van der Waals surface area (Å²) in [4.78, 5) is 21.1. The van der Waals surface area contributed by atoms with Crippen LogP contribution in [0.2, 0.25) is 0 Å². The fraction of sp³-hybridized carbons (Fsp3) is 0. The lowest BCUT2D eigenvalue weighted by atomic mass is 9.93. The molecule has 388 valence electrons. The Bertz CT molecular complexity index is 4330. The predicted octanol–water partition coefficient (Wildman–Crippen LogP) is 15.8. The number of aromatic nitrogens is 12. The first-order chi connectivity index (χ1) is 41.0. The number of fused-ring (bicyclic) bond motifs is 4. The Morgan fingerprint density at radius 2 is 0.422 bits per heavy atom. The van der Waals surface area contributed by atoms with Crippen LogP contribution in [0, 0.1) is 0 Å². The number of hydrogen-bond acceptors (Lipinski definition) is 13. The van der Waals surface area contributed by atoms with Crippen LogP contribution < -0.4 is 4.90 Å². The number of anilines is 3. The van der Waals surface area contributed by atoms with E-state index < -0.39 is 0 Å². The van der Waals surface area contributed by atoms with Gasteiger partial charge in [0, 0.05) is 85.6 Å². The van der Waals surface area contributed by atoms with Crippen LogP contribution in [0.5, 0.6) is 0 Å². The molecule has 83 heavy (non-hydrogen) atoms. The van der Waals surface area contributed by atoms with E-state index in [0.717, 1.165) is 150 Å². The predicted molar refractivity (Wildman–Crippen MR) is 328 cm³/mol. The Morgan fingerprint density at radius 3 is 0.687 bits per heavy atom. The van der Waals surface area contributed by atoms with Gasteiger partial charge in [-0.1, -0.05) is 115 Å². The lowest BCUT2D eigenvalue weighted by Gasteiger charge is -2.28. The van der Waals surface area contributed by atoms with Gasteiger partial charge in [0.15, 0.2) is 0 Å². The lowest BCUT2D eigenvalue weighted by molar-refractivity contribution is 1.04. The summed E-state index contributed by atoms with van der Waals surface area (Å²) >= 11 is 0. The van der Waals surface area contributed by atoms with E-state index in [2.05, 4.69) is 254 Å². The molecule has 0 saturated carbocycles. The average Bonchev–Trinajstić information content (AvgIpc) is 3.61. The van der Waals surface area contributed by atoms with Crippen LogP contribution in [0.3, 0.4) is 0 Å². The second kappa shape index (κ2) is 20.8. The molecule has 0 fully saturated rings. The first-order valence-electron chi connectivity index (χ1n) is 26.9. The second-order valence-corrected chi connectivity index (χ2v) is 20.3. The third-order valence-electron chi connectivity index (χ3n) is 15.1. The maximum Gasteiger partial charge on any atom is 0.0919 e. The summed E-state index contributed by atoms with van der Waals surface area (Å²) in [6, 6.07) is 67.6. The van der Waals surface area contributed by atoms with Crippen molar-refractivity contribution in [1.82, 2.24) is 60.7 Å². The first-order valence-corrected chi connectivity index (χ1v) is 26.9.